The number of rotatable bonds is 43. The fourth-order valence-corrected chi connectivity index (χ4v) is 7.05. The van der Waals surface area contributed by atoms with Crippen molar-refractivity contribution in [3.63, 3.8) is 0 Å². The van der Waals surface area contributed by atoms with Gasteiger partial charge in [-0.05, 0) is 57.8 Å². The van der Waals surface area contributed by atoms with Gasteiger partial charge in [-0.2, -0.15) is 0 Å². The Morgan fingerprint density at radius 2 is 1.09 bits per heavy atom. The van der Waals surface area contributed by atoms with Gasteiger partial charge in [-0.1, -0.05) is 142 Å². The topological polar surface area (TPSA) is 211 Å². The molecule has 0 saturated carbocycles. The van der Waals surface area contributed by atoms with E-state index in [2.05, 4.69) is 31.7 Å². The molecule has 14 heteroatoms. The zero-order valence-corrected chi connectivity index (χ0v) is 37.6. The highest BCUT2D eigenvalue weighted by Gasteiger charge is 2.23. The van der Waals surface area contributed by atoms with Gasteiger partial charge in [0.1, 0.15) is 25.4 Å². The second-order valence-electron chi connectivity index (χ2n) is 15.7. The zero-order chi connectivity index (χ0) is 43.0. The van der Waals surface area contributed by atoms with Crippen LogP contribution in [0.3, 0.4) is 0 Å². The Kier molecular flexibility index (Phi) is 39.2. The summed E-state index contributed by atoms with van der Waals surface area (Å²) in [5.41, 5.74) is 9.53. The monoisotopic (exact) mass is 849 g/mol. The normalized spacial score (nSPS) is 14.2. The fraction of sp³-hybridized carbons (Fsp3) is 0.886. The molecule has 0 saturated heterocycles. The van der Waals surface area contributed by atoms with E-state index in [-0.39, 0.29) is 19.4 Å². The third kappa shape index (κ3) is 38.3. The van der Waals surface area contributed by atoms with Gasteiger partial charge < -0.3 is 44.7 Å². The molecule has 58 heavy (non-hydrogen) atoms. The largest absolute Gasteiger partial charge is 0.756 e. The molecule has 6 N–H and O–H groups in total. The highest BCUT2D eigenvalue weighted by molar-refractivity contribution is 7.45. The van der Waals surface area contributed by atoms with Crippen LogP contribution >= 0.6 is 7.82 Å². The molecule has 0 rings (SSSR count). The van der Waals surface area contributed by atoms with E-state index in [1.165, 1.54) is 83.5 Å². The van der Waals surface area contributed by atoms with E-state index >= 15 is 0 Å². The summed E-state index contributed by atoms with van der Waals surface area (Å²) in [6.07, 6.45) is 31.5. The molecule has 0 aliphatic carbocycles. The van der Waals surface area contributed by atoms with Gasteiger partial charge in [-0.15, -0.1) is 0 Å². The quantitative estimate of drug-likeness (QED) is 0.0174. The van der Waals surface area contributed by atoms with E-state index in [4.69, 9.17) is 29.0 Å². The van der Waals surface area contributed by atoms with Gasteiger partial charge in [0.15, 0.2) is 6.10 Å². The van der Waals surface area contributed by atoms with Crippen molar-refractivity contribution in [2.75, 3.05) is 33.0 Å². The number of hydrogen-bond acceptors (Lipinski definition) is 12. The molecule has 0 radical (unpaired) electrons. The van der Waals surface area contributed by atoms with Gasteiger partial charge in [0, 0.05) is 12.8 Å². The SMILES string of the molecule is CCCCCC/C=C/CCCCCCCC(=O)OCC(COP(=O)([O-])OCC(O)COC(=O)C(N)CCCC[NH3+])OC(=O)CCCCCCCCCCCCCCC. The lowest BCUT2D eigenvalue weighted by atomic mass is 10.0. The highest BCUT2D eigenvalue weighted by Crippen LogP contribution is 2.38. The van der Waals surface area contributed by atoms with Crippen LogP contribution < -0.4 is 16.4 Å². The van der Waals surface area contributed by atoms with Crippen LogP contribution in [-0.4, -0.2) is 74.2 Å². The molecule has 0 fully saturated rings. The van der Waals surface area contributed by atoms with Gasteiger partial charge >= 0.3 is 17.9 Å². The third-order valence-corrected chi connectivity index (χ3v) is 10.9. The highest BCUT2D eigenvalue weighted by atomic mass is 31.2. The number of aliphatic hydroxyl groups is 1. The molecule has 0 bridgehead atoms. The number of phosphoric acid groups is 1. The number of carbonyl (C=O) groups is 3. The summed E-state index contributed by atoms with van der Waals surface area (Å²) in [5, 5.41) is 10.1. The van der Waals surface area contributed by atoms with Crippen LogP contribution in [0.25, 0.3) is 0 Å². The van der Waals surface area contributed by atoms with Crippen LogP contribution in [0.5, 0.6) is 0 Å². The van der Waals surface area contributed by atoms with E-state index in [1.54, 1.807) is 0 Å². The van der Waals surface area contributed by atoms with Gasteiger partial charge in [0.25, 0.3) is 7.82 Å². The molecule has 0 heterocycles. The van der Waals surface area contributed by atoms with E-state index in [0.717, 1.165) is 70.8 Å². The standard InChI is InChI=1S/C44H85N2O11P/c1-3-5-7-9-11-13-15-17-19-21-23-25-27-32-42(48)53-37-40(57-43(49)33-28-26-24-22-20-18-16-14-12-10-8-6-4-2)38-56-58(51,52)55-36-39(47)35-54-44(50)41(46)31-29-30-34-45/h13,15,39-41,47H,3-12,14,16-38,45-46H2,1-2H3,(H,51,52)/b15-13+. The van der Waals surface area contributed by atoms with Crippen molar-refractivity contribution >= 4 is 25.7 Å². The molecule has 4 atom stereocenters. The van der Waals surface area contributed by atoms with Gasteiger partial charge in [0.05, 0.1) is 19.8 Å². The number of phosphoric ester groups is 1. The minimum atomic E-state index is -4.99. The Hall–Kier alpha value is -1.86. The first-order chi connectivity index (χ1) is 28.0. The van der Waals surface area contributed by atoms with Crippen molar-refractivity contribution in [2.24, 2.45) is 5.73 Å². The molecule has 0 aromatic heterocycles. The number of hydrogen-bond donors (Lipinski definition) is 3. The molecule has 0 aromatic rings. The van der Waals surface area contributed by atoms with E-state index in [0.29, 0.717) is 25.7 Å². The molecule has 0 aliphatic rings. The molecule has 4 unspecified atom stereocenters. The Labute approximate surface area is 352 Å². The predicted molar refractivity (Wildman–Crippen MR) is 227 cm³/mol. The summed E-state index contributed by atoms with van der Waals surface area (Å²) >= 11 is 0. The molecule has 0 spiro atoms. The van der Waals surface area contributed by atoms with E-state index in [1.807, 2.05) is 0 Å². The third-order valence-electron chi connectivity index (χ3n) is 9.93. The average molecular weight is 849 g/mol. The summed E-state index contributed by atoms with van der Waals surface area (Å²) in [6.45, 7) is 2.90. The Morgan fingerprint density at radius 1 is 0.621 bits per heavy atom. The number of quaternary nitrogens is 1. The number of esters is 3. The zero-order valence-electron chi connectivity index (χ0n) is 36.7. The number of aliphatic hydroxyl groups excluding tert-OH is 1. The lowest BCUT2D eigenvalue weighted by Crippen LogP contribution is -2.50. The number of ether oxygens (including phenoxy) is 3. The van der Waals surface area contributed by atoms with Crippen LogP contribution in [0, 0.1) is 0 Å². The molecular weight excluding hydrogens is 763 g/mol. The summed E-state index contributed by atoms with van der Waals surface area (Å²) in [4.78, 5) is 49.8. The minimum absolute atomic E-state index is 0.146. The van der Waals surface area contributed by atoms with Crippen molar-refractivity contribution in [1.29, 1.82) is 0 Å². The van der Waals surface area contributed by atoms with Crippen LogP contribution in [0.15, 0.2) is 12.2 Å². The smallest absolute Gasteiger partial charge is 0.322 e. The molecule has 13 nitrogen and oxygen atoms in total. The molecule has 342 valence electrons. The Balaban J connectivity index is 4.68. The lowest BCUT2D eigenvalue weighted by Gasteiger charge is -2.26. The number of allylic oxidation sites excluding steroid dienone is 2. The average Bonchev–Trinajstić information content (AvgIpc) is 3.20. The van der Waals surface area contributed by atoms with Crippen LogP contribution in [0.2, 0.25) is 0 Å². The minimum Gasteiger partial charge on any atom is -0.756 e. The van der Waals surface area contributed by atoms with Crippen molar-refractivity contribution < 1.29 is 57.9 Å². The molecule has 0 aromatic carbocycles. The summed E-state index contributed by atoms with van der Waals surface area (Å²) in [6, 6.07) is -0.862. The second-order valence-corrected chi connectivity index (χ2v) is 17.1. The fourth-order valence-electron chi connectivity index (χ4n) is 6.27. The van der Waals surface area contributed by atoms with Gasteiger partial charge in [-0.3, -0.25) is 18.9 Å². The van der Waals surface area contributed by atoms with Crippen LogP contribution in [-0.2, 0) is 42.2 Å². The molecular formula is C44H85N2O11P. The first kappa shape index (κ1) is 56.1. The van der Waals surface area contributed by atoms with Gasteiger partial charge in [0.2, 0.25) is 0 Å². The predicted octanol–water partition coefficient (Wildman–Crippen LogP) is 8.33. The summed E-state index contributed by atoms with van der Waals surface area (Å²) in [5.74, 6) is -1.72. The maximum absolute atomic E-state index is 12.7. The van der Waals surface area contributed by atoms with Crippen LogP contribution in [0.1, 0.15) is 200 Å². The Morgan fingerprint density at radius 3 is 1.62 bits per heavy atom. The van der Waals surface area contributed by atoms with E-state index < -0.39 is 63.8 Å². The van der Waals surface area contributed by atoms with Crippen molar-refractivity contribution in [3.8, 4) is 0 Å². The molecule has 0 aliphatic heterocycles. The number of unbranched alkanes of at least 4 members (excludes halogenated alkanes) is 22. The Bertz CT molecular complexity index is 1060. The van der Waals surface area contributed by atoms with Crippen molar-refractivity contribution in [3.05, 3.63) is 12.2 Å². The number of nitrogens with two attached hydrogens (primary N) is 1. The maximum Gasteiger partial charge on any atom is 0.322 e. The lowest BCUT2D eigenvalue weighted by molar-refractivity contribution is -0.368. The molecule has 0 amide bonds. The van der Waals surface area contributed by atoms with E-state index in [9.17, 15) is 28.9 Å². The maximum atomic E-state index is 12.7. The van der Waals surface area contributed by atoms with Crippen molar-refractivity contribution in [2.45, 2.75) is 218 Å². The van der Waals surface area contributed by atoms with Crippen molar-refractivity contribution in [1.82, 2.24) is 0 Å². The first-order valence-electron chi connectivity index (χ1n) is 23.0. The number of carbonyl (C=O) groups excluding carboxylic acids is 3. The summed E-state index contributed by atoms with van der Waals surface area (Å²) < 4.78 is 38.1. The van der Waals surface area contributed by atoms with Crippen LogP contribution in [0.4, 0.5) is 0 Å². The first-order valence-corrected chi connectivity index (χ1v) is 24.5. The second kappa shape index (κ2) is 40.5. The van der Waals surface area contributed by atoms with Gasteiger partial charge in [-0.25, -0.2) is 0 Å². The summed E-state index contributed by atoms with van der Waals surface area (Å²) in [7, 11) is -4.99.